The minimum atomic E-state index is -5.02. The van der Waals surface area contributed by atoms with E-state index in [0.29, 0.717) is 32.4 Å². The summed E-state index contributed by atoms with van der Waals surface area (Å²) >= 11 is 0. The number of rotatable bonds is 6. The Bertz CT molecular complexity index is 718. The number of benzene rings is 1. The summed E-state index contributed by atoms with van der Waals surface area (Å²) in [5, 5.41) is 14.3. The number of hydrogen-bond acceptors (Lipinski definition) is 4. The second-order valence-electron chi connectivity index (χ2n) is 6.68. The number of carbonyl (C=O) groups excluding carboxylic acids is 2. The van der Waals surface area contributed by atoms with Crippen LogP contribution in [-0.2, 0) is 4.79 Å². The molecular weight excluding hydrogens is 398 g/mol. The quantitative estimate of drug-likeness (QED) is 0.616. The molecule has 1 aliphatic rings. The highest BCUT2D eigenvalue weighted by molar-refractivity contribution is 5.89. The predicted molar refractivity (Wildman–Crippen MR) is 95.7 cm³/mol. The summed E-state index contributed by atoms with van der Waals surface area (Å²) in [4.78, 5) is 25.9. The third kappa shape index (κ3) is 6.77. The molecule has 1 heterocycles. The smallest absolute Gasteiger partial charge is 0.403 e. The largest absolute Gasteiger partial charge is 0.573 e. The summed E-state index contributed by atoms with van der Waals surface area (Å²) < 4.78 is 53.7. The highest BCUT2D eigenvalue weighted by atomic mass is 19.4. The summed E-state index contributed by atoms with van der Waals surface area (Å²) in [5.74, 6) is -2.80. The number of carbonyl (C=O) groups is 2. The van der Waals surface area contributed by atoms with E-state index in [1.54, 1.807) is 4.90 Å². The van der Waals surface area contributed by atoms with E-state index >= 15 is 0 Å². The van der Waals surface area contributed by atoms with Crippen molar-refractivity contribution in [3.8, 4) is 5.75 Å². The number of hydrogen-bond donors (Lipinski definition) is 3. The monoisotopic (exact) mass is 421 g/mol. The molecule has 0 bridgehead atoms. The summed E-state index contributed by atoms with van der Waals surface area (Å²) in [6, 6.07) is 1.73. The van der Waals surface area contributed by atoms with Crippen LogP contribution in [0.1, 0.15) is 26.2 Å². The van der Waals surface area contributed by atoms with Gasteiger partial charge >= 0.3 is 12.4 Å². The molecule has 1 aromatic rings. The standard InChI is InChI=1S/C18H23F4N3O4/c1-2-11(10-26)16(27)25-7-5-12(6-8-25)23-17(28)24-13-3-4-15(14(19)9-13)29-18(20,21)22/h3-4,9,11-12,26H,2,5-8,10H2,1H3,(H2,23,24,28)/t11-/m1/s1. The normalized spacial score (nSPS) is 16.3. The predicted octanol–water partition coefficient (Wildman–Crippen LogP) is 2.86. The SMILES string of the molecule is CC[C@H](CO)C(=O)N1CCC(NC(=O)Nc2ccc(OC(F)(F)F)c(F)c2)CC1. The number of alkyl halides is 3. The number of ether oxygens (including phenoxy) is 1. The van der Waals surface area contributed by atoms with Gasteiger partial charge in [-0.3, -0.25) is 4.79 Å². The number of piperidine rings is 1. The van der Waals surface area contributed by atoms with Crippen LogP contribution in [0.25, 0.3) is 0 Å². The molecule has 29 heavy (non-hydrogen) atoms. The van der Waals surface area contributed by atoms with Gasteiger partial charge in [-0.05, 0) is 31.4 Å². The molecular formula is C18H23F4N3O4. The first-order valence-corrected chi connectivity index (χ1v) is 9.15. The van der Waals surface area contributed by atoms with Crippen molar-refractivity contribution in [2.75, 3.05) is 25.0 Å². The minimum absolute atomic E-state index is 0.0316. The fourth-order valence-corrected chi connectivity index (χ4v) is 3.02. The van der Waals surface area contributed by atoms with Crippen molar-refractivity contribution in [3.05, 3.63) is 24.0 Å². The Morgan fingerprint density at radius 2 is 1.97 bits per heavy atom. The molecule has 7 nitrogen and oxygen atoms in total. The van der Waals surface area contributed by atoms with E-state index in [0.717, 1.165) is 18.2 Å². The van der Waals surface area contributed by atoms with Crippen molar-refractivity contribution >= 4 is 17.6 Å². The zero-order valence-corrected chi connectivity index (χ0v) is 15.8. The molecule has 2 rings (SSSR count). The molecule has 0 aromatic heterocycles. The van der Waals surface area contributed by atoms with E-state index in [4.69, 9.17) is 0 Å². The lowest BCUT2D eigenvalue weighted by atomic mass is 10.0. The highest BCUT2D eigenvalue weighted by Crippen LogP contribution is 2.27. The molecule has 0 aliphatic carbocycles. The van der Waals surface area contributed by atoms with Crippen molar-refractivity contribution in [2.45, 2.75) is 38.6 Å². The summed E-state index contributed by atoms with van der Waals surface area (Å²) in [6.45, 7) is 2.47. The highest BCUT2D eigenvalue weighted by Gasteiger charge is 2.32. The Balaban J connectivity index is 1.83. The van der Waals surface area contributed by atoms with Crippen molar-refractivity contribution in [1.82, 2.24) is 10.2 Å². The molecule has 0 unspecified atom stereocenters. The maximum atomic E-state index is 13.7. The van der Waals surface area contributed by atoms with Crippen LogP contribution in [0.5, 0.6) is 5.75 Å². The molecule has 162 valence electrons. The van der Waals surface area contributed by atoms with Gasteiger partial charge in [0.15, 0.2) is 11.6 Å². The van der Waals surface area contributed by atoms with Crippen molar-refractivity contribution in [2.24, 2.45) is 5.92 Å². The Labute approximate surface area is 165 Å². The number of nitrogens with one attached hydrogen (secondary N) is 2. The number of amides is 3. The van der Waals surface area contributed by atoms with E-state index in [1.807, 2.05) is 6.92 Å². The second kappa shape index (κ2) is 9.77. The van der Waals surface area contributed by atoms with Crippen LogP contribution in [0.3, 0.4) is 0 Å². The van der Waals surface area contributed by atoms with Crippen molar-refractivity contribution in [3.63, 3.8) is 0 Å². The molecule has 0 radical (unpaired) electrons. The number of likely N-dealkylation sites (tertiary alicyclic amines) is 1. The molecule has 0 saturated carbocycles. The van der Waals surface area contributed by atoms with Gasteiger partial charge in [0, 0.05) is 30.9 Å². The molecule has 1 aliphatic heterocycles. The van der Waals surface area contributed by atoms with Gasteiger partial charge in [0.2, 0.25) is 5.91 Å². The van der Waals surface area contributed by atoms with Gasteiger partial charge in [-0.15, -0.1) is 13.2 Å². The van der Waals surface area contributed by atoms with Crippen LogP contribution < -0.4 is 15.4 Å². The van der Waals surface area contributed by atoms with Gasteiger partial charge < -0.3 is 25.4 Å². The van der Waals surface area contributed by atoms with Crippen LogP contribution in [0.2, 0.25) is 0 Å². The molecule has 3 N–H and O–H groups in total. The zero-order chi connectivity index (χ0) is 21.6. The fourth-order valence-electron chi connectivity index (χ4n) is 3.02. The van der Waals surface area contributed by atoms with Gasteiger partial charge in [0.25, 0.3) is 0 Å². The van der Waals surface area contributed by atoms with Gasteiger partial charge in [-0.2, -0.15) is 0 Å². The number of aliphatic hydroxyl groups is 1. The van der Waals surface area contributed by atoms with Crippen molar-refractivity contribution in [1.29, 1.82) is 0 Å². The number of urea groups is 1. The van der Waals surface area contributed by atoms with Crippen LogP contribution in [-0.4, -0.2) is 54.0 Å². The summed E-state index contributed by atoms with van der Waals surface area (Å²) in [7, 11) is 0. The van der Waals surface area contributed by atoms with Crippen molar-refractivity contribution < 1.29 is 37.0 Å². The first-order chi connectivity index (χ1) is 13.6. The maximum absolute atomic E-state index is 13.7. The molecule has 11 heteroatoms. The Morgan fingerprint density at radius 3 is 2.48 bits per heavy atom. The minimum Gasteiger partial charge on any atom is -0.403 e. The molecule has 0 spiro atoms. The Morgan fingerprint density at radius 1 is 1.31 bits per heavy atom. The van der Waals surface area contributed by atoms with Crippen LogP contribution in [0.15, 0.2) is 18.2 Å². The van der Waals surface area contributed by atoms with Crippen LogP contribution >= 0.6 is 0 Å². The van der Waals surface area contributed by atoms with E-state index in [-0.39, 0.29) is 24.2 Å². The van der Waals surface area contributed by atoms with E-state index in [1.165, 1.54) is 0 Å². The van der Waals surface area contributed by atoms with Crippen LogP contribution in [0, 0.1) is 11.7 Å². The lowest BCUT2D eigenvalue weighted by Gasteiger charge is -2.34. The fraction of sp³-hybridized carbons (Fsp3) is 0.556. The van der Waals surface area contributed by atoms with E-state index in [9.17, 15) is 32.3 Å². The van der Waals surface area contributed by atoms with Crippen LogP contribution in [0.4, 0.5) is 28.0 Å². The van der Waals surface area contributed by atoms with Gasteiger partial charge in [0.1, 0.15) is 0 Å². The van der Waals surface area contributed by atoms with Gasteiger partial charge in [-0.1, -0.05) is 6.92 Å². The Kier molecular flexibility index (Phi) is 7.66. The average molecular weight is 421 g/mol. The third-order valence-corrected chi connectivity index (χ3v) is 4.62. The molecule has 1 fully saturated rings. The summed E-state index contributed by atoms with van der Waals surface area (Å²) in [6.07, 6.45) is -3.46. The van der Waals surface area contributed by atoms with E-state index in [2.05, 4.69) is 15.4 Å². The lowest BCUT2D eigenvalue weighted by molar-refractivity contribution is -0.275. The first kappa shape index (κ1) is 22.7. The first-order valence-electron chi connectivity index (χ1n) is 9.15. The molecule has 3 amide bonds. The number of nitrogens with zero attached hydrogens (tertiary/aromatic N) is 1. The number of halogens is 4. The zero-order valence-electron chi connectivity index (χ0n) is 15.8. The third-order valence-electron chi connectivity index (χ3n) is 4.62. The molecule has 1 saturated heterocycles. The van der Waals surface area contributed by atoms with Gasteiger partial charge in [0.05, 0.1) is 12.5 Å². The topological polar surface area (TPSA) is 90.9 Å². The van der Waals surface area contributed by atoms with Gasteiger partial charge in [-0.25, -0.2) is 9.18 Å². The summed E-state index contributed by atoms with van der Waals surface area (Å²) in [5.41, 5.74) is -0.0316. The molecule has 1 aromatic carbocycles. The Hall–Kier alpha value is -2.56. The van der Waals surface area contributed by atoms with E-state index < -0.39 is 29.9 Å². The maximum Gasteiger partial charge on any atom is 0.573 e. The number of anilines is 1. The second-order valence-corrected chi connectivity index (χ2v) is 6.68. The average Bonchev–Trinajstić information content (AvgIpc) is 2.64. The number of aliphatic hydroxyl groups excluding tert-OH is 1. The lowest BCUT2D eigenvalue weighted by Crippen LogP contribution is -2.49. The molecule has 1 atom stereocenters.